The topological polar surface area (TPSA) is 50.4 Å². The van der Waals surface area contributed by atoms with E-state index in [0.29, 0.717) is 31.4 Å². The van der Waals surface area contributed by atoms with Crippen molar-refractivity contribution in [3.63, 3.8) is 0 Å². The molecule has 0 radical (unpaired) electrons. The van der Waals surface area contributed by atoms with Crippen LogP contribution >= 0.6 is 0 Å². The van der Waals surface area contributed by atoms with E-state index in [0.717, 1.165) is 25.3 Å². The van der Waals surface area contributed by atoms with Gasteiger partial charge < -0.3 is 15.4 Å². The van der Waals surface area contributed by atoms with E-state index < -0.39 is 0 Å². The van der Waals surface area contributed by atoms with Gasteiger partial charge in [0.25, 0.3) is 0 Å². The maximum Gasteiger partial charge on any atom is 0.220 e. The first-order valence-corrected chi connectivity index (χ1v) is 8.82. The second-order valence-corrected chi connectivity index (χ2v) is 6.52. The highest BCUT2D eigenvalue weighted by Crippen LogP contribution is 2.22. The molecule has 1 aliphatic heterocycles. The van der Waals surface area contributed by atoms with Crippen LogP contribution in [-0.4, -0.2) is 25.6 Å². The molecular weight excluding hydrogens is 288 g/mol. The van der Waals surface area contributed by atoms with E-state index in [2.05, 4.69) is 41.8 Å². The lowest BCUT2D eigenvalue weighted by atomic mass is 9.85. The van der Waals surface area contributed by atoms with Gasteiger partial charge in [-0.15, -0.1) is 0 Å². The van der Waals surface area contributed by atoms with Crippen molar-refractivity contribution in [1.29, 1.82) is 0 Å². The highest BCUT2D eigenvalue weighted by atomic mass is 16.5. The summed E-state index contributed by atoms with van der Waals surface area (Å²) >= 11 is 0. The van der Waals surface area contributed by atoms with E-state index in [1.165, 1.54) is 18.4 Å². The Kier molecular flexibility index (Phi) is 7.56. The van der Waals surface area contributed by atoms with Crippen molar-refractivity contribution in [2.45, 2.75) is 46.3 Å². The molecule has 4 heteroatoms. The first kappa shape index (κ1) is 18.0. The monoisotopic (exact) mass is 318 g/mol. The van der Waals surface area contributed by atoms with Gasteiger partial charge in [0, 0.05) is 19.6 Å². The van der Waals surface area contributed by atoms with Gasteiger partial charge in [-0.3, -0.25) is 4.79 Å². The Hall–Kier alpha value is -1.39. The van der Waals surface area contributed by atoms with Crippen LogP contribution in [0, 0.1) is 11.8 Å². The maximum atomic E-state index is 12.1. The Labute approximate surface area is 140 Å². The third kappa shape index (κ3) is 6.32. The van der Waals surface area contributed by atoms with Crippen LogP contribution in [0.15, 0.2) is 24.3 Å². The zero-order valence-corrected chi connectivity index (χ0v) is 14.4. The molecule has 0 saturated carbocycles. The fourth-order valence-electron chi connectivity index (χ4n) is 3.07. The molecule has 1 fully saturated rings. The van der Waals surface area contributed by atoms with Gasteiger partial charge in [0.1, 0.15) is 0 Å². The zero-order chi connectivity index (χ0) is 16.5. The molecule has 1 saturated heterocycles. The fraction of sp³-hybridized carbons (Fsp3) is 0.632. The summed E-state index contributed by atoms with van der Waals surface area (Å²) in [5.41, 5.74) is 2.30. The zero-order valence-electron chi connectivity index (χ0n) is 14.4. The van der Waals surface area contributed by atoms with Crippen LogP contribution in [-0.2, 0) is 22.7 Å². The molecule has 0 aromatic heterocycles. The van der Waals surface area contributed by atoms with Crippen LogP contribution in [0.25, 0.3) is 0 Å². The molecule has 1 amide bonds. The van der Waals surface area contributed by atoms with Crippen molar-refractivity contribution in [3.05, 3.63) is 35.4 Å². The van der Waals surface area contributed by atoms with Gasteiger partial charge in [-0.05, 0) is 55.8 Å². The second kappa shape index (κ2) is 9.68. The van der Waals surface area contributed by atoms with Crippen molar-refractivity contribution < 1.29 is 9.53 Å². The predicted molar refractivity (Wildman–Crippen MR) is 93.0 cm³/mol. The lowest BCUT2D eigenvalue weighted by Crippen LogP contribution is -2.35. The number of nitrogens with one attached hydrogen (secondary N) is 2. The standard InChI is InChI=1S/C19H30N2O2/c1-3-23-14-17-8-6-16(7-9-17)12-21-19(22)11-15(2)18-5-4-10-20-13-18/h6-9,15,18,20H,3-5,10-14H2,1-2H3,(H,21,22). The lowest BCUT2D eigenvalue weighted by Gasteiger charge is -2.28. The summed E-state index contributed by atoms with van der Waals surface area (Å²) < 4.78 is 5.38. The molecule has 2 atom stereocenters. The SMILES string of the molecule is CCOCc1ccc(CNC(=O)CC(C)C2CCCNC2)cc1. The number of benzene rings is 1. The Morgan fingerprint density at radius 1 is 1.35 bits per heavy atom. The van der Waals surface area contributed by atoms with Crippen molar-refractivity contribution in [3.8, 4) is 0 Å². The minimum atomic E-state index is 0.154. The minimum Gasteiger partial charge on any atom is -0.377 e. The Morgan fingerprint density at radius 3 is 2.74 bits per heavy atom. The van der Waals surface area contributed by atoms with Crippen molar-refractivity contribution in [2.24, 2.45) is 11.8 Å². The fourth-order valence-corrected chi connectivity index (χ4v) is 3.07. The molecule has 1 aromatic rings. The smallest absolute Gasteiger partial charge is 0.220 e. The summed E-state index contributed by atoms with van der Waals surface area (Å²) in [6, 6.07) is 8.24. The molecule has 0 spiro atoms. The summed E-state index contributed by atoms with van der Waals surface area (Å²) in [6.07, 6.45) is 3.09. The molecule has 0 bridgehead atoms. The van der Waals surface area contributed by atoms with Crippen LogP contribution in [0.1, 0.15) is 44.2 Å². The number of rotatable bonds is 8. The van der Waals surface area contributed by atoms with E-state index in [4.69, 9.17) is 4.74 Å². The van der Waals surface area contributed by atoms with Crippen LogP contribution in [0.4, 0.5) is 0 Å². The number of amides is 1. The van der Waals surface area contributed by atoms with E-state index in [1.807, 2.05) is 6.92 Å². The molecule has 1 heterocycles. The molecule has 1 aromatic carbocycles. The van der Waals surface area contributed by atoms with Crippen LogP contribution in [0.3, 0.4) is 0 Å². The first-order valence-electron chi connectivity index (χ1n) is 8.82. The Bertz CT molecular complexity index is 467. The number of piperidine rings is 1. The lowest BCUT2D eigenvalue weighted by molar-refractivity contribution is -0.122. The summed E-state index contributed by atoms with van der Waals surface area (Å²) in [5, 5.41) is 6.47. The van der Waals surface area contributed by atoms with Crippen LogP contribution < -0.4 is 10.6 Å². The van der Waals surface area contributed by atoms with Crippen molar-refractivity contribution in [2.75, 3.05) is 19.7 Å². The Balaban J connectivity index is 1.71. The van der Waals surface area contributed by atoms with E-state index >= 15 is 0 Å². The number of carbonyl (C=O) groups excluding carboxylic acids is 1. The molecule has 1 aliphatic rings. The van der Waals surface area contributed by atoms with Gasteiger partial charge in [-0.25, -0.2) is 0 Å². The first-order chi connectivity index (χ1) is 11.2. The minimum absolute atomic E-state index is 0.154. The van der Waals surface area contributed by atoms with E-state index in [1.54, 1.807) is 0 Å². The molecule has 23 heavy (non-hydrogen) atoms. The number of carbonyl (C=O) groups is 1. The molecule has 2 rings (SSSR count). The van der Waals surface area contributed by atoms with Gasteiger partial charge in [0.15, 0.2) is 0 Å². The summed E-state index contributed by atoms with van der Waals surface area (Å²) in [6.45, 7) is 8.34. The molecule has 4 nitrogen and oxygen atoms in total. The summed E-state index contributed by atoms with van der Waals surface area (Å²) in [5.74, 6) is 1.23. The van der Waals surface area contributed by atoms with Gasteiger partial charge in [-0.1, -0.05) is 31.2 Å². The molecule has 0 aliphatic carbocycles. The third-order valence-electron chi connectivity index (χ3n) is 4.63. The summed E-state index contributed by atoms with van der Waals surface area (Å²) in [7, 11) is 0. The predicted octanol–water partition coefficient (Wildman–Crippen LogP) is 2.87. The Morgan fingerprint density at radius 2 is 2.09 bits per heavy atom. The van der Waals surface area contributed by atoms with E-state index in [9.17, 15) is 4.79 Å². The van der Waals surface area contributed by atoms with E-state index in [-0.39, 0.29) is 5.91 Å². The number of hydrogen-bond donors (Lipinski definition) is 2. The van der Waals surface area contributed by atoms with Gasteiger partial charge in [0.05, 0.1) is 6.61 Å². The maximum absolute atomic E-state index is 12.1. The van der Waals surface area contributed by atoms with Gasteiger partial charge >= 0.3 is 0 Å². The molecular formula is C19H30N2O2. The normalized spacial score (nSPS) is 19.3. The number of hydrogen-bond acceptors (Lipinski definition) is 3. The van der Waals surface area contributed by atoms with Crippen molar-refractivity contribution in [1.82, 2.24) is 10.6 Å². The largest absolute Gasteiger partial charge is 0.377 e. The average molecular weight is 318 g/mol. The second-order valence-electron chi connectivity index (χ2n) is 6.52. The number of ether oxygens (including phenoxy) is 1. The average Bonchev–Trinajstić information content (AvgIpc) is 2.59. The highest BCUT2D eigenvalue weighted by molar-refractivity contribution is 5.76. The molecule has 2 unspecified atom stereocenters. The summed E-state index contributed by atoms with van der Waals surface area (Å²) in [4.78, 5) is 12.1. The third-order valence-corrected chi connectivity index (χ3v) is 4.63. The molecule has 2 N–H and O–H groups in total. The van der Waals surface area contributed by atoms with Gasteiger partial charge in [-0.2, -0.15) is 0 Å². The van der Waals surface area contributed by atoms with Gasteiger partial charge in [0.2, 0.25) is 5.91 Å². The highest BCUT2D eigenvalue weighted by Gasteiger charge is 2.21. The van der Waals surface area contributed by atoms with Crippen LogP contribution in [0.5, 0.6) is 0 Å². The quantitative estimate of drug-likeness (QED) is 0.775. The van der Waals surface area contributed by atoms with Crippen LogP contribution in [0.2, 0.25) is 0 Å². The molecule has 128 valence electrons. The van der Waals surface area contributed by atoms with Crippen molar-refractivity contribution >= 4 is 5.91 Å².